The number of furan rings is 1. The van der Waals surface area contributed by atoms with E-state index < -0.39 is 0 Å². The molecule has 0 saturated carbocycles. The van der Waals surface area contributed by atoms with Crippen molar-refractivity contribution in [3.05, 3.63) is 65.1 Å². The average molecular weight is 487 g/mol. The van der Waals surface area contributed by atoms with Gasteiger partial charge in [0.1, 0.15) is 17.2 Å². The second-order valence-corrected chi connectivity index (χ2v) is 9.84. The van der Waals surface area contributed by atoms with Crippen LogP contribution in [0.4, 0.5) is 5.82 Å². The van der Waals surface area contributed by atoms with Crippen molar-refractivity contribution < 1.29 is 14.0 Å². The number of fused-ring (bicyclic) bond motifs is 3. The first-order valence-electron chi connectivity index (χ1n) is 13.0. The first kappa shape index (κ1) is 24.3. The van der Waals surface area contributed by atoms with Gasteiger partial charge in [0.2, 0.25) is 11.8 Å². The average Bonchev–Trinajstić information content (AvgIpc) is 3.44. The van der Waals surface area contributed by atoms with Crippen LogP contribution in [0, 0.1) is 6.92 Å². The number of nitrogens with one attached hydrogen (secondary N) is 1. The molecule has 1 N–H and O–H groups in total. The highest BCUT2D eigenvalue weighted by atomic mass is 16.3. The summed E-state index contributed by atoms with van der Waals surface area (Å²) in [5, 5.41) is 4.07. The van der Waals surface area contributed by atoms with Gasteiger partial charge >= 0.3 is 0 Å². The molecule has 7 heteroatoms. The van der Waals surface area contributed by atoms with E-state index in [-0.39, 0.29) is 17.9 Å². The lowest BCUT2D eigenvalue weighted by molar-refractivity contribution is -0.127. The normalized spacial score (nSPS) is 17.7. The van der Waals surface area contributed by atoms with Crippen LogP contribution in [0.2, 0.25) is 0 Å². The van der Waals surface area contributed by atoms with Gasteiger partial charge in [0.15, 0.2) is 0 Å². The van der Waals surface area contributed by atoms with Gasteiger partial charge in [-0.1, -0.05) is 38.0 Å². The molecular formula is C29H34N4O3. The first-order valence-corrected chi connectivity index (χ1v) is 13.0. The van der Waals surface area contributed by atoms with Crippen LogP contribution in [0.1, 0.15) is 61.5 Å². The van der Waals surface area contributed by atoms with Gasteiger partial charge in [0.05, 0.1) is 12.6 Å². The van der Waals surface area contributed by atoms with Gasteiger partial charge < -0.3 is 14.6 Å². The minimum Gasteiger partial charge on any atom is -0.459 e. The Morgan fingerprint density at radius 3 is 3.00 bits per heavy atom. The maximum absolute atomic E-state index is 13.3. The molecule has 0 bridgehead atoms. The summed E-state index contributed by atoms with van der Waals surface area (Å²) in [6.07, 6.45) is 10.2. The van der Waals surface area contributed by atoms with Gasteiger partial charge in [-0.05, 0) is 56.5 Å². The monoisotopic (exact) mass is 486 g/mol. The van der Waals surface area contributed by atoms with Gasteiger partial charge in [0, 0.05) is 41.9 Å². The molecule has 188 valence electrons. The Kier molecular flexibility index (Phi) is 7.18. The quantitative estimate of drug-likeness (QED) is 0.346. The minimum atomic E-state index is -0.0712. The largest absolute Gasteiger partial charge is 0.459 e. The molecule has 1 atom stereocenters. The third-order valence-electron chi connectivity index (χ3n) is 7.31. The Morgan fingerprint density at radius 2 is 2.17 bits per heavy atom. The zero-order valence-corrected chi connectivity index (χ0v) is 21.1. The van der Waals surface area contributed by atoms with Crippen molar-refractivity contribution in [2.75, 3.05) is 18.4 Å². The number of anilines is 1. The van der Waals surface area contributed by atoms with Gasteiger partial charge in [-0.25, -0.2) is 4.98 Å². The van der Waals surface area contributed by atoms with E-state index in [1.165, 1.54) is 0 Å². The molecule has 7 nitrogen and oxygen atoms in total. The van der Waals surface area contributed by atoms with Gasteiger partial charge in [-0.3, -0.25) is 14.5 Å². The SMILES string of the molecule is CCCCCN(Cc1oc2ccccc2c1C)C(=O)/C=C/c1cnc2c(c1)CN1CCC[C@@H]1C(=O)N2. The third-order valence-corrected chi connectivity index (χ3v) is 7.31. The van der Waals surface area contributed by atoms with Crippen molar-refractivity contribution in [3.63, 3.8) is 0 Å². The van der Waals surface area contributed by atoms with Crippen LogP contribution in [0.3, 0.4) is 0 Å². The van der Waals surface area contributed by atoms with Crippen LogP contribution in [0.15, 0.2) is 47.0 Å². The Balaban J connectivity index is 1.33. The van der Waals surface area contributed by atoms with Crippen molar-refractivity contribution in [2.45, 2.75) is 65.1 Å². The molecule has 0 radical (unpaired) electrons. The Labute approximate surface area is 212 Å². The van der Waals surface area contributed by atoms with Crippen molar-refractivity contribution in [1.82, 2.24) is 14.8 Å². The zero-order chi connectivity index (χ0) is 25.1. The third kappa shape index (κ3) is 5.07. The summed E-state index contributed by atoms with van der Waals surface area (Å²) >= 11 is 0. The predicted molar refractivity (Wildman–Crippen MR) is 141 cm³/mol. The van der Waals surface area contributed by atoms with E-state index in [1.54, 1.807) is 12.3 Å². The molecule has 1 aromatic carbocycles. The number of rotatable bonds is 8. The van der Waals surface area contributed by atoms with Gasteiger partial charge in [-0.15, -0.1) is 0 Å². The molecule has 2 aromatic heterocycles. The topological polar surface area (TPSA) is 78.7 Å². The van der Waals surface area contributed by atoms with E-state index in [0.717, 1.165) is 72.1 Å². The summed E-state index contributed by atoms with van der Waals surface area (Å²) in [5.74, 6) is 1.44. The number of benzene rings is 1. The second kappa shape index (κ2) is 10.7. The van der Waals surface area contributed by atoms with E-state index in [1.807, 2.05) is 35.2 Å². The minimum absolute atomic E-state index is 0.0285. The molecule has 2 aliphatic heterocycles. The number of hydrogen-bond acceptors (Lipinski definition) is 5. The molecule has 0 unspecified atom stereocenters. The molecule has 1 fully saturated rings. The summed E-state index contributed by atoms with van der Waals surface area (Å²) in [6, 6.07) is 9.94. The molecule has 36 heavy (non-hydrogen) atoms. The summed E-state index contributed by atoms with van der Waals surface area (Å²) in [4.78, 5) is 34.4. The lowest BCUT2D eigenvalue weighted by Crippen LogP contribution is -2.36. The van der Waals surface area contributed by atoms with Crippen LogP contribution >= 0.6 is 0 Å². The summed E-state index contributed by atoms with van der Waals surface area (Å²) in [6.45, 7) is 6.95. The Hall–Kier alpha value is -3.45. The van der Waals surface area contributed by atoms with Crippen LogP contribution in [0.25, 0.3) is 17.0 Å². The Bertz CT molecular complexity index is 1290. The summed E-state index contributed by atoms with van der Waals surface area (Å²) < 4.78 is 6.10. The number of aromatic nitrogens is 1. The van der Waals surface area contributed by atoms with E-state index in [2.05, 4.69) is 35.1 Å². The fourth-order valence-electron chi connectivity index (χ4n) is 5.23. The summed E-state index contributed by atoms with van der Waals surface area (Å²) in [5.41, 5.74) is 3.77. The number of pyridine rings is 1. The van der Waals surface area contributed by atoms with Crippen LogP contribution in [0.5, 0.6) is 0 Å². The molecule has 5 rings (SSSR count). The summed E-state index contributed by atoms with van der Waals surface area (Å²) in [7, 11) is 0. The van der Waals surface area contributed by atoms with E-state index >= 15 is 0 Å². The molecule has 2 amide bonds. The lowest BCUT2D eigenvalue weighted by atomic mass is 10.1. The Morgan fingerprint density at radius 1 is 1.31 bits per heavy atom. The smallest absolute Gasteiger partial charge is 0.246 e. The number of unbranched alkanes of at least 4 members (excludes halogenated alkanes) is 2. The number of amides is 2. The molecule has 2 aliphatic rings. The standard InChI is InChI=1S/C29H34N4O3/c1-3-4-7-14-33(19-26-20(2)23-9-5-6-11-25(23)36-26)27(34)13-12-21-16-22-18-32-15-8-10-24(32)29(35)31-28(22)30-17-21/h5-6,9,11-13,16-17,24H,3-4,7-8,10,14-15,18-19H2,1-2H3,(H,30,31,35)/b13-12+/t24-/m1/s1. The van der Waals surface area contributed by atoms with Crippen LogP contribution < -0.4 is 5.32 Å². The second-order valence-electron chi connectivity index (χ2n) is 9.84. The molecule has 0 aliphatic carbocycles. The highest BCUT2D eigenvalue weighted by Gasteiger charge is 2.34. The van der Waals surface area contributed by atoms with Crippen molar-refractivity contribution in [3.8, 4) is 0 Å². The van der Waals surface area contributed by atoms with E-state index in [0.29, 0.717) is 25.5 Å². The maximum atomic E-state index is 13.3. The number of nitrogens with zero attached hydrogens (tertiary/aromatic N) is 3. The highest BCUT2D eigenvalue weighted by molar-refractivity contribution is 5.96. The zero-order valence-electron chi connectivity index (χ0n) is 21.1. The van der Waals surface area contributed by atoms with E-state index in [4.69, 9.17) is 4.42 Å². The molecule has 4 heterocycles. The molecular weight excluding hydrogens is 452 g/mol. The number of carbonyl (C=O) groups excluding carboxylic acids is 2. The van der Waals surface area contributed by atoms with Crippen molar-refractivity contribution in [1.29, 1.82) is 0 Å². The lowest BCUT2D eigenvalue weighted by Gasteiger charge is -2.20. The molecule has 3 aromatic rings. The maximum Gasteiger partial charge on any atom is 0.246 e. The van der Waals surface area contributed by atoms with Crippen LogP contribution in [-0.4, -0.2) is 45.7 Å². The molecule has 0 spiro atoms. The predicted octanol–water partition coefficient (Wildman–Crippen LogP) is 5.28. The fourth-order valence-corrected chi connectivity index (χ4v) is 5.23. The van der Waals surface area contributed by atoms with Crippen molar-refractivity contribution in [2.24, 2.45) is 0 Å². The van der Waals surface area contributed by atoms with Gasteiger partial charge in [-0.2, -0.15) is 0 Å². The fraction of sp³-hybridized carbons (Fsp3) is 0.414. The van der Waals surface area contributed by atoms with Crippen LogP contribution in [-0.2, 0) is 22.7 Å². The van der Waals surface area contributed by atoms with Gasteiger partial charge in [0.25, 0.3) is 0 Å². The van der Waals surface area contributed by atoms with E-state index in [9.17, 15) is 9.59 Å². The number of hydrogen-bond donors (Lipinski definition) is 1. The number of aryl methyl sites for hydroxylation is 1. The highest BCUT2D eigenvalue weighted by Crippen LogP contribution is 2.29. The number of carbonyl (C=O) groups is 2. The molecule has 1 saturated heterocycles. The first-order chi connectivity index (χ1) is 17.5. The number of para-hydroxylation sites is 1. The van der Waals surface area contributed by atoms with Crippen molar-refractivity contribution >= 4 is 34.7 Å².